The van der Waals surface area contributed by atoms with Crippen molar-refractivity contribution in [2.24, 2.45) is 11.8 Å². The van der Waals surface area contributed by atoms with Crippen molar-refractivity contribution < 1.29 is 19.4 Å². The van der Waals surface area contributed by atoms with E-state index in [1.807, 2.05) is 24.3 Å². The molecule has 3 rings (SSSR count). The van der Waals surface area contributed by atoms with E-state index in [1.54, 1.807) is 4.90 Å². The molecule has 1 aliphatic carbocycles. The van der Waals surface area contributed by atoms with Gasteiger partial charge < -0.3 is 14.7 Å². The lowest BCUT2D eigenvalue weighted by Gasteiger charge is -2.24. The van der Waals surface area contributed by atoms with E-state index in [0.29, 0.717) is 32.4 Å². The normalized spacial score (nSPS) is 24.9. The Balaban J connectivity index is 1.80. The molecule has 21 heavy (non-hydrogen) atoms. The summed E-state index contributed by atoms with van der Waals surface area (Å²) in [4.78, 5) is 25.6. The van der Waals surface area contributed by atoms with Crippen LogP contribution >= 0.6 is 0 Å². The van der Waals surface area contributed by atoms with Crippen molar-refractivity contribution in [1.82, 2.24) is 0 Å². The minimum absolute atomic E-state index is 0.0386. The summed E-state index contributed by atoms with van der Waals surface area (Å²) in [5, 5.41) is 9.08. The number of amides is 1. The molecule has 1 fully saturated rings. The Kier molecular flexibility index (Phi) is 3.82. The van der Waals surface area contributed by atoms with Gasteiger partial charge in [-0.2, -0.15) is 0 Å². The van der Waals surface area contributed by atoms with E-state index < -0.39 is 5.97 Å². The van der Waals surface area contributed by atoms with Gasteiger partial charge >= 0.3 is 5.97 Å². The molecule has 1 aromatic rings. The first-order chi connectivity index (χ1) is 10.2. The van der Waals surface area contributed by atoms with Crippen LogP contribution in [-0.2, 0) is 9.59 Å². The Labute approximate surface area is 123 Å². The maximum absolute atomic E-state index is 12.8. The highest BCUT2D eigenvalue weighted by molar-refractivity contribution is 5.97. The number of aliphatic carboxylic acids is 1. The number of carbonyl (C=O) groups excluding carboxylic acids is 1. The number of benzene rings is 1. The molecule has 1 amide bonds. The van der Waals surface area contributed by atoms with Crippen molar-refractivity contribution >= 4 is 17.6 Å². The van der Waals surface area contributed by atoms with Crippen molar-refractivity contribution in [3.63, 3.8) is 0 Å². The minimum Gasteiger partial charge on any atom is -0.491 e. The number of anilines is 1. The SMILES string of the molecule is O=C(O)[C@H]1CC[C@@H](C(=O)N2CCCOc3ccccc32)C1. The number of rotatable bonds is 2. The van der Waals surface area contributed by atoms with Crippen LogP contribution in [0.3, 0.4) is 0 Å². The van der Waals surface area contributed by atoms with Crippen LogP contribution in [0, 0.1) is 11.8 Å². The average molecular weight is 289 g/mol. The number of nitrogens with zero attached hydrogens (tertiary/aromatic N) is 1. The number of carbonyl (C=O) groups is 2. The summed E-state index contributed by atoms with van der Waals surface area (Å²) in [5.74, 6) is -0.576. The van der Waals surface area contributed by atoms with Gasteiger partial charge in [0.2, 0.25) is 5.91 Å². The van der Waals surface area contributed by atoms with Crippen molar-refractivity contribution in [1.29, 1.82) is 0 Å². The highest BCUT2D eigenvalue weighted by Crippen LogP contribution is 2.36. The summed E-state index contributed by atoms with van der Waals surface area (Å²) in [6.45, 7) is 1.23. The number of carboxylic acid groups (broad SMARTS) is 1. The van der Waals surface area contributed by atoms with Gasteiger partial charge in [-0.15, -0.1) is 0 Å². The highest BCUT2D eigenvalue weighted by Gasteiger charge is 2.37. The molecule has 112 valence electrons. The Morgan fingerprint density at radius 3 is 2.71 bits per heavy atom. The second-order valence-electron chi connectivity index (χ2n) is 5.70. The number of hydrogen-bond acceptors (Lipinski definition) is 3. The molecule has 0 bridgehead atoms. The molecular weight excluding hydrogens is 270 g/mol. The molecule has 0 unspecified atom stereocenters. The first kappa shape index (κ1) is 13.9. The van der Waals surface area contributed by atoms with Crippen LogP contribution in [0.4, 0.5) is 5.69 Å². The Morgan fingerprint density at radius 1 is 1.19 bits per heavy atom. The standard InChI is InChI=1S/C16H19NO4/c18-15(11-6-7-12(10-11)16(19)20)17-8-3-9-21-14-5-2-1-4-13(14)17/h1-2,4-5,11-12H,3,6-10H2,(H,19,20)/t11-,12+/m1/s1. The summed E-state index contributed by atoms with van der Waals surface area (Å²) >= 11 is 0. The molecule has 1 aromatic carbocycles. The van der Waals surface area contributed by atoms with E-state index >= 15 is 0 Å². The summed E-state index contributed by atoms with van der Waals surface area (Å²) < 4.78 is 5.66. The Hall–Kier alpha value is -2.04. The van der Waals surface area contributed by atoms with Gasteiger partial charge in [-0.3, -0.25) is 9.59 Å². The lowest BCUT2D eigenvalue weighted by atomic mass is 10.0. The zero-order valence-corrected chi connectivity index (χ0v) is 11.8. The molecule has 5 nitrogen and oxygen atoms in total. The zero-order valence-electron chi connectivity index (χ0n) is 11.8. The van der Waals surface area contributed by atoms with Gasteiger partial charge in [0.15, 0.2) is 0 Å². The van der Waals surface area contributed by atoms with E-state index in [4.69, 9.17) is 9.84 Å². The third-order valence-electron chi connectivity index (χ3n) is 4.34. The van der Waals surface area contributed by atoms with Crippen LogP contribution < -0.4 is 9.64 Å². The third-order valence-corrected chi connectivity index (χ3v) is 4.34. The molecule has 1 N–H and O–H groups in total. The molecule has 5 heteroatoms. The monoisotopic (exact) mass is 289 g/mol. The van der Waals surface area contributed by atoms with Crippen molar-refractivity contribution in [3.8, 4) is 5.75 Å². The van der Waals surface area contributed by atoms with E-state index in [0.717, 1.165) is 17.9 Å². The fourth-order valence-electron chi connectivity index (χ4n) is 3.21. The predicted octanol–water partition coefficient (Wildman–Crippen LogP) is 2.30. The number of ether oxygens (including phenoxy) is 1. The smallest absolute Gasteiger partial charge is 0.306 e. The van der Waals surface area contributed by atoms with Gasteiger partial charge in [0, 0.05) is 12.5 Å². The molecule has 1 heterocycles. The fraction of sp³-hybridized carbons (Fsp3) is 0.500. The first-order valence-electron chi connectivity index (χ1n) is 7.43. The number of carboxylic acids is 1. The van der Waals surface area contributed by atoms with Gasteiger partial charge in [-0.1, -0.05) is 12.1 Å². The van der Waals surface area contributed by atoms with Crippen LogP contribution in [0.5, 0.6) is 5.75 Å². The van der Waals surface area contributed by atoms with Crippen LogP contribution in [-0.4, -0.2) is 30.1 Å². The first-order valence-corrected chi connectivity index (χ1v) is 7.43. The summed E-state index contributed by atoms with van der Waals surface area (Å²) in [5.41, 5.74) is 0.804. The number of fused-ring (bicyclic) bond motifs is 1. The molecule has 0 spiro atoms. The summed E-state index contributed by atoms with van der Waals surface area (Å²) in [7, 11) is 0. The summed E-state index contributed by atoms with van der Waals surface area (Å²) in [6.07, 6.45) is 2.50. The molecular formula is C16H19NO4. The minimum atomic E-state index is -0.787. The fourth-order valence-corrected chi connectivity index (χ4v) is 3.21. The van der Waals surface area contributed by atoms with Crippen molar-refractivity contribution in [2.45, 2.75) is 25.7 Å². The average Bonchev–Trinajstić information content (AvgIpc) is 2.88. The molecule has 0 aromatic heterocycles. The zero-order chi connectivity index (χ0) is 14.8. The lowest BCUT2D eigenvalue weighted by Crippen LogP contribution is -2.36. The highest BCUT2D eigenvalue weighted by atomic mass is 16.5. The molecule has 0 saturated heterocycles. The van der Waals surface area contributed by atoms with Gasteiger partial charge in [0.05, 0.1) is 18.2 Å². The number of hydrogen-bond donors (Lipinski definition) is 1. The van der Waals surface area contributed by atoms with E-state index in [-0.39, 0.29) is 17.7 Å². The second kappa shape index (κ2) is 5.76. The Bertz CT molecular complexity index is 557. The van der Waals surface area contributed by atoms with Crippen LogP contribution in [0.1, 0.15) is 25.7 Å². The van der Waals surface area contributed by atoms with Crippen LogP contribution in [0.25, 0.3) is 0 Å². The van der Waals surface area contributed by atoms with Crippen LogP contribution in [0.15, 0.2) is 24.3 Å². The van der Waals surface area contributed by atoms with Crippen molar-refractivity contribution in [2.75, 3.05) is 18.1 Å². The predicted molar refractivity (Wildman–Crippen MR) is 77.4 cm³/mol. The third kappa shape index (κ3) is 2.73. The molecule has 0 radical (unpaired) electrons. The van der Waals surface area contributed by atoms with E-state index in [2.05, 4.69) is 0 Å². The maximum atomic E-state index is 12.8. The maximum Gasteiger partial charge on any atom is 0.306 e. The van der Waals surface area contributed by atoms with Gasteiger partial charge in [-0.25, -0.2) is 0 Å². The quantitative estimate of drug-likeness (QED) is 0.907. The molecule has 1 saturated carbocycles. The van der Waals surface area contributed by atoms with Gasteiger partial charge in [-0.05, 0) is 37.8 Å². The second-order valence-corrected chi connectivity index (χ2v) is 5.70. The van der Waals surface area contributed by atoms with E-state index in [9.17, 15) is 9.59 Å². The topological polar surface area (TPSA) is 66.8 Å². The van der Waals surface area contributed by atoms with E-state index in [1.165, 1.54) is 0 Å². The van der Waals surface area contributed by atoms with Crippen LogP contribution in [0.2, 0.25) is 0 Å². The number of para-hydroxylation sites is 2. The van der Waals surface area contributed by atoms with Crippen molar-refractivity contribution in [3.05, 3.63) is 24.3 Å². The lowest BCUT2D eigenvalue weighted by molar-refractivity contribution is -0.141. The van der Waals surface area contributed by atoms with Gasteiger partial charge in [0.1, 0.15) is 5.75 Å². The molecule has 2 aliphatic rings. The molecule has 1 aliphatic heterocycles. The summed E-state index contributed by atoms with van der Waals surface area (Å²) in [6, 6.07) is 7.54. The molecule has 2 atom stereocenters. The largest absolute Gasteiger partial charge is 0.491 e. The van der Waals surface area contributed by atoms with Gasteiger partial charge in [0.25, 0.3) is 0 Å². The Morgan fingerprint density at radius 2 is 1.95 bits per heavy atom.